The molecule has 0 fully saturated rings. The lowest BCUT2D eigenvalue weighted by Crippen LogP contribution is -2.55. The summed E-state index contributed by atoms with van der Waals surface area (Å²) < 4.78 is 0. The van der Waals surface area contributed by atoms with Gasteiger partial charge in [0.15, 0.2) is 0 Å². The fourth-order valence-corrected chi connectivity index (χ4v) is 5.73. The van der Waals surface area contributed by atoms with Crippen LogP contribution in [0.3, 0.4) is 0 Å². The zero-order chi connectivity index (χ0) is 26.3. The van der Waals surface area contributed by atoms with E-state index in [1.807, 2.05) is 24.3 Å². The molecule has 1 aliphatic carbocycles. The highest BCUT2D eigenvalue weighted by Crippen LogP contribution is 2.57. The van der Waals surface area contributed by atoms with Gasteiger partial charge in [-0.25, -0.2) is 0 Å². The molecule has 4 aromatic rings. The molecule has 0 N–H and O–H groups in total. The molecule has 0 spiro atoms. The van der Waals surface area contributed by atoms with E-state index < -0.39 is 5.41 Å². The van der Waals surface area contributed by atoms with Crippen molar-refractivity contribution in [3.8, 4) is 11.1 Å². The zero-order valence-electron chi connectivity index (χ0n) is 20.8. The van der Waals surface area contributed by atoms with E-state index in [0.29, 0.717) is 16.5 Å². The Kier molecular flexibility index (Phi) is 6.58. The smallest absolute Gasteiger partial charge is 0.112 e. The normalized spacial score (nSPS) is 16.1. The van der Waals surface area contributed by atoms with Crippen LogP contribution < -0.4 is 27.3 Å². The Balaban J connectivity index is 1.94. The lowest BCUT2D eigenvalue weighted by atomic mass is 9.59. The van der Waals surface area contributed by atoms with Gasteiger partial charge in [-0.05, 0) is 57.5 Å². The Hall–Kier alpha value is -3.58. The van der Waals surface area contributed by atoms with Crippen LogP contribution in [0.4, 0.5) is 0 Å². The third kappa shape index (κ3) is 3.67. The molecule has 0 saturated heterocycles. The molecule has 0 amide bonds. The van der Waals surface area contributed by atoms with E-state index in [-0.39, 0.29) is 16.4 Å². The van der Waals surface area contributed by atoms with Crippen LogP contribution in [0.1, 0.15) is 29.2 Å². The first-order valence-corrected chi connectivity index (χ1v) is 12.1. The van der Waals surface area contributed by atoms with Gasteiger partial charge in [0, 0.05) is 0 Å². The number of benzene rings is 4. The van der Waals surface area contributed by atoms with E-state index in [4.69, 9.17) is 39.2 Å². The van der Waals surface area contributed by atoms with Crippen LogP contribution in [0.5, 0.6) is 0 Å². The first kappa shape index (κ1) is 25.1. The van der Waals surface area contributed by atoms with Crippen LogP contribution in [0, 0.1) is 0 Å². The van der Waals surface area contributed by atoms with E-state index >= 15 is 0 Å². The van der Waals surface area contributed by atoms with E-state index in [1.54, 1.807) is 0 Å². The van der Waals surface area contributed by atoms with E-state index in [0.717, 1.165) is 33.4 Å². The van der Waals surface area contributed by atoms with E-state index in [9.17, 15) is 0 Å². The summed E-state index contributed by atoms with van der Waals surface area (Å²) in [4.78, 5) is 0. The van der Waals surface area contributed by atoms with Gasteiger partial charge in [0.25, 0.3) is 0 Å². The second-order valence-corrected chi connectivity index (χ2v) is 9.20. The summed E-state index contributed by atoms with van der Waals surface area (Å²) in [7, 11) is 31.5. The van der Waals surface area contributed by atoms with Crippen molar-refractivity contribution >= 4 is 72.1 Å². The molecule has 0 unspecified atom stereocenters. The quantitative estimate of drug-likeness (QED) is 0.411. The van der Waals surface area contributed by atoms with Gasteiger partial charge in [0.05, 0.1) is 5.41 Å². The molecular formula is C32H21B5. The standard InChI is InChI=1S/C32H21B5/c1-3-11-22-23-17-16-19(26-27(33)29(35)31(37)30(36)28(26)34)18-25(23)32(24(22)4-2,20-12-7-5-8-13-20)21-14-9-6-10-15-21/h3-18H,1H2,2H3/b22-11-,24-4+. The summed E-state index contributed by atoms with van der Waals surface area (Å²) in [6.45, 7) is 6.08. The first-order chi connectivity index (χ1) is 17.9. The minimum atomic E-state index is -0.578. The molecule has 0 bridgehead atoms. The second kappa shape index (κ2) is 9.71. The highest BCUT2D eigenvalue weighted by atomic mass is 14.5. The molecule has 5 rings (SSSR count). The minimum absolute atomic E-state index is 0.204. The fourth-order valence-electron chi connectivity index (χ4n) is 5.73. The maximum Gasteiger partial charge on any atom is 0.113 e. The lowest BCUT2D eigenvalue weighted by molar-refractivity contribution is 0.768. The molecule has 0 aromatic heterocycles. The van der Waals surface area contributed by atoms with Gasteiger partial charge in [-0.15, -0.1) is 16.4 Å². The molecule has 0 saturated carbocycles. The summed E-state index contributed by atoms with van der Waals surface area (Å²) in [5, 5.41) is 0. The Morgan fingerprint density at radius 2 is 1.19 bits per heavy atom. The number of fused-ring (bicyclic) bond motifs is 1. The van der Waals surface area contributed by atoms with Crippen LogP contribution in [-0.4, -0.2) is 39.2 Å². The Bertz CT molecular complexity index is 1510. The molecule has 0 atom stereocenters. The van der Waals surface area contributed by atoms with Gasteiger partial charge in [-0.1, -0.05) is 109 Å². The van der Waals surface area contributed by atoms with Crippen LogP contribution in [0.2, 0.25) is 0 Å². The van der Waals surface area contributed by atoms with Gasteiger partial charge in [0.2, 0.25) is 0 Å². The van der Waals surface area contributed by atoms with Gasteiger partial charge in [-0.3, -0.25) is 0 Å². The van der Waals surface area contributed by atoms with Gasteiger partial charge >= 0.3 is 0 Å². The molecule has 0 heterocycles. The number of hydrogen-bond acceptors (Lipinski definition) is 0. The average molecular weight is 460 g/mol. The maximum atomic E-state index is 6.47. The maximum absolute atomic E-state index is 6.47. The molecular weight excluding hydrogens is 438 g/mol. The lowest BCUT2D eigenvalue weighted by Gasteiger charge is -2.34. The van der Waals surface area contributed by atoms with Crippen LogP contribution in [-0.2, 0) is 5.41 Å². The highest BCUT2D eigenvalue weighted by molar-refractivity contribution is 6.68. The van der Waals surface area contributed by atoms with Crippen molar-refractivity contribution < 1.29 is 0 Å². The van der Waals surface area contributed by atoms with Crippen molar-refractivity contribution in [2.45, 2.75) is 12.3 Å². The van der Waals surface area contributed by atoms with Crippen LogP contribution in [0.25, 0.3) is 16.7 Å². The fraction of sp³-hybridized carbons (Fsp3) is 0.0625. The zero-order valence-corrected chi connectivity index (χ0v) is 20.8. The summed E-state index contributed by atoms with van der Waals surface area (Å²) in [6.07, 6.45) is 6.10. The molecule has 5 heteroatoms. The van der Waals surface area contributed by atoms with E-state index in [2.05, 4.69) is 86.3 Å². The van der Waals surface area contributed by atoms with Gasteiger partial charge < -0.3 is 0 Å². The third-order valence-electron chi connectivity index (χ3n) is 7.38. The summed E-state index contributed by atoms with van der Waals surface area (Å²) in [5.41, 5.74) is 8.95. The molecule has 0 nitrogen and oxygen atoms in total. The number of rotatable bonds is 4. The largest absolute Gasteiger partial charge is 0.113 e. The first-order valence-electron chi connectivity index (χ1n) is 12.1. The Labute approximate surface area is 226 Å². The molecule has 37 heavy (non-hydrogen) atoms. The molecule has 4 aromatic carbocycles. The van der Waals surface area contributed by atoms with Gasteiger partial charge in [-0.2, -0.15) is 0 Å². The third-order valence-corrected chi connectivity index (χ3v) is 7.38. The SMILES string of the molecule is [B]c1c([B])c([B])c(-c2ccc3c(c2)C(c2ccccc2)(c2ccccc2)C(=C/C)/C3=C\C=C)c([B])c1[B]. The van der Waals surface area contributed by atoms with Crippen molar-refractivity contribution in [3.63, 3.8) is 0 Å². The summed E-state index contributed by atoms with van der Waals surface area (Å²) in [6, 6.07) is 27.3. The van der Waals surface area contributed by atoms with Crippen molar-refractivity contribution in [2.75, 3.05) is 0 Å². The monoisotopic (exact) mass is 460 g/mol. The van der Waals surface area contributed by atoms with E-state index in [1.165, 1.54) is 5.57 Å². The van der Waals surface area contributed by atoms with Crippen molar-refractivity contribution in [1.29, 1.82) is 0 Å². The predicted octanol–water partition coefficient (Wildman–Crippen LogP) is 2.19. The Morgan fingerprint density at radius 1 is 0.676 bits per heavy atom. The Morgan fingerprint density at radius 3 is 1.68 bits per heavy atom. The van der Waals surface area contributed by atoms with Crippen molar-refractivity contribution in [1.82, 2.24) is 0 Å². The van der Waals surface area contributed by atoms with Gasteiger partial charge in [0.1, 0.15) is 39.2 Å². The van der Waals surface area contributed by atoms with Crippen molar-refractivity contribution in [2.24, 2.45) is 0 Å². The summed E-state index contributed by atoms with van der Waals surface area (Å²) >= 11 is 0. The number of allylic oxidation sites excluding steroid dienone is 5. The highest BCUT2D eigenvalue weighted by Gasteiger charge is 2.47. The van der Waals surface area contributed by atoms with Crippen LogP contribution in [0.15, 0.2) is 109 Å². The molecule has 1 aliphatic rings. The van der Waals surface area contributed by atoms with Crippen molar-refractivity contribution in [3.05, 3.63) is 131 Å². The molecule has 0 aliphatic heterocycles. The molecule has 164 valence electrons. The predicted molar refractivity (Wildman–Crippen MR) is 164 cm³/mol. The second-order valence-electron chi connectivity index (χ2n) is 9.20. The summed E-state index contributed by atoms with van der Waals surface area (Å²) in [5.74, 6) is 0. The minimum Gasteiger partial charge on any atom is -0.112 e. The topological polar surface area (TPSA) is 0 Å². The van der Waals surface area contributed by atoms with Crippen LogP contribution >= 0.6 is 0 Å². The molecule has 10 radical (unpaired) electrons. The number of hydrogen-bond donors (Lipinski definition) is 0. The average Bonchev–Trinajstić information content (AvgIpc) is 3.21.